The lowest BCUT2D eigenvalue weighted by molar-refractivity contribution is 1.00. The summed E-state index contributed by atoms with van der Waals surface area (Å²) in [6, 6.07) is 9.92. The molecule has 0 saturated carbocycles. The highest BCUT2D eigenvalue weighted by Gasteiger charge is 2.01. The summed E-state index contributed by atoms with van der Waals surface area (Å²) < 4.78 is 1.05. The van der Waals surface area contributed by atoms with E-state index in [-0.39, 0.29) is 0 Å². The molecule has 0 aliphatic heterocycles. The molecular formula is C12H13BrN4. The Bertz CT molecular complexity index is 484. The third-order valence-electron chi connectivity index (χ3n) is 2.26. The number of nitrogens with two attached hydrogens (primary N) is 1. The molecule has 1 heterocycles. The Balaban J connectivity index is 2.23. The normalized spacial score (nSPS) is 10.2. The van der Waals surface area contributed by atoms with Crippen molar-refractivity contribution in [1.29, 1.82) is 0 Å². The van der Waals surface area contributed by atoms with Gasteiger partial charge >= 0.3 is 0 Å². The summed E-state index contributed by atoms with van der Waals surface area (Å²) in [7, 11) is 0. The molecule has 0 unspecified atom stereocenters. The van der Waals surface area contributed by atoms with Crippen molar-refractivity contribution >= 4 is 21.7 Å². The highest BCUT2D eigenvalue weighted by atomic mass is 79.9. The molecule has 0 atom stereocenters. The zero-order chi connectivity index (χ0) is 12.1. The molecule has 0 fully saturated rings. The van der Waals surface area contributed by atoms with Crippen molar-refractivity contribution < 1.29 is 0 Å². The first-order valence-electron chi connectivity index (χ1n) is 5.31. The van der Waals surface area contributed by atoms with E-state index in [1.807, 2.05) is 30.3 Å². The number of nitrogens with one attached hydrogen (secondary N) is 1. The van der Waals surface area contributed by atoms with Crippen LogP contribution in [0.25, 0.3) is 11.3 Å². The van der Waals surface area contributed by atoms with Crippen LogP contribution in [0.15, 0.2) is 41.1 Å². The first-order chi connectivity index (χ1) is 8.29. The maximum atomic E-state index is 5.43. The van der Waals surface area contributed by atoms with E-state index in [0.29, 0.717) is 13.1 Å². The molecule has 1 aromatic carbocycles. The molecule has 4 nitrogen and oxygen atoms in total. The highest BCUT2D eigenvalue weighted by molar-refractivity contribution is 9.10. The van der Waals surface area contributed by atoms with Crippen LogP contribution in [0.2, 0.25) is 0 Å². The number of rotatable bonds is 4. The summed E-state index contributed by atoms with van der Waals surface area (Å²) in [5.74, 6) is 0.795. The molecule has 0 saturated heterocycles. The standard InChI is InChI=1S/C12H13BrN4/c13-10-3-1-9(2-4-10)11-7-12(15-6-5-14)17-8-16-11/h1-4,7-8H,5-6,14H2,(H,15,16,17). The lowest BCUT2D eigenvalue weighted by Gasteiger charge is -2.05. The zero-order valence-electron chi connectivity index (χ0n) is 9.23. The van der Waals surface area contributed by atoms with Gasteiger partial charge in [-0.15, -0.1) is 0 Å². The molecule has 0 amide bonds. The third kappa shape index (κ3) is 3.25. The van der Waals surface area contributed by atoms with Crippen LogP contribution in [0.5, 0.6) is 0 Å². The van der Waals surface area contributed by atoms with Crippen molar-refractivity contribution in [2.45, 2.75) is 0 Å². The van der Waals surface area contributed by atoms with Crippen molar-refractivity contribution in [1.82, 2.24) is 9.97 Å². The van der Waals surface area contributed by atoms with E-state index in [1.54, 1.807) is 6.33 Å². The number of halogens is 1. The van der Waals surface area contributed by atoms with Gasteiger partial charge in [0.05, 0.1) is 5.69 Å². The van der Waals surface area contributed by atoms with Gasteiger partial charge in [0.1, 0.15) is 12.1 Å². The number of hydrogen-bond acceptors (Lipinski definition) is 4. The van der Waals surface area contributed by atoms with Crippen LogP contribution in [-0.2, 0) is 0 Å². The summed E-state index contributed by atoms with van der Waals surface area (Å²) in [4.78, 5) is 8.38. The van der Waals surface area contributed by atoms with Gasteiger partial charge in [-0.1, -0.05) is 28.1 Å². The minimum absolute atomic E-state index is 0.581. The van der Waals surface area contributed by atoms with E-state index < -0.39 is 0 Å². The molecule has 0 aliphatic rings. The Labute approximate surface area is 108 Å². The van der Waals surface area contributed by atoms with E-state index in [4.69, 9.17) is 5.73 Å². The van der Waals surface area contributed by atoms with E-state index in [1.165, 1.54) is 0 Å². The van der Waals surface area contributed by atoms with Crippen LogP contribution in [0.3, 0.4) is 0 Å². The second-order valence-corrected chi connectivity index (χ2v) is 4.43. The molecule has 0 radical (unpaired) electrons. The predicted octanol–water partition coefficient (Wildman–Crippen LogP) is 2.28. The van der Waals surface area contributed by atoms with Gasteiger partial charge in [0.15, 0.2) is 0 Å². The summed E-state index contributed by atoms with van der Waals surface area (Å²) >= 11 is 3.41. The Kier molecular flexibility index (Phi) is 4.06. The Morgan fingerprint density at radius 2 is 1.94 bits per heavy atom. The van der Waals surface area contributed by atoms with Crippen LogP contribution in [0, 0.1) is 0 Å². The second kappa shape index (κ2) is 5.75. The first-order valence-corrected chi connectivity index (χ1v) is 6.11. The number of benzene rings is 1. The van der Waals surface area contributed by atoms with Gasteiger partial charge in [0.25, 0.3) is 0 Å². The lowest BCUT2D eigenvalue weighted by Crippen LogP contribution is -2.13. The van der Waals surface area contributed by atoms with E-state index in [2.05, 4.69) is 31.2 Å². The smallest absolute Gasteiger partial charge is 0.129 e. The largest absolute Gasteiger partial charge is 0.369 e. The van der Waals surface area contributed by atoms with Gasteiger partial charge < -0.3 is 11.1 Å². The zero-order valence-corrected chi connectivity index (χ0v) is 10.8. The Hall–Kier alpha value is -1.46. The average molecular weight is 293 g/mol. The van der Waals surface area contributed by atoms with Gasteiger partial charge in [-0.3, -0.25) is 0 Å². The monoisotopic (exact) mass is 292 g/mol. The summed E-state index contributed by atoms with van der Waals surface area (Å²) in [6.45, 7) is 1.29. The highest BCUT2D eigenvalue weighted by Crippen LogP contribution is 2.20. The second-order valence-electron chi connectivity index (χ2n) is 3.51. The number of aromatic nitrogens is 2. The van der Waals surface area contributed by atoms with E-state index >= 15 is 0 Å². The fourth-order valence-electron chi connectivity index (χ4n) is 1.43. The molecule has 1 aromatic heterocycles. The van der Waals surface area contributed by atoms with Crippen LogP contribution in [-0.4, -0.2) is 23.1 Å². The first kappa shape index (κ1) is 12.0. The molecule has 0 aliphatic carbocycles. The number of anilines is 1. The van der Waals surface area contributed by atoms with Crippen LogP contribution in [0.1, 0.15) is 0 Å². The van der Waals surface area contributed by atoms with Crippen LogP contribution in [0.4, 0.5) is 5.82 Å². The molecule has 2 rings (SSSR count). The van der Waals surface area contributed by atoms with Gasteiger partial charge in [-0.25, -0.2) is 9.97 Å². The van der Waals surface area contributed by atoms with Gasteiger partial charge in [0, 0.05) is 29.2 Å². The molecule has 5 heteroatoms. The molecule has 17 heavy (non-hydrogen) atoms. The molecule has 2 aromatic rings. The van der Waals surface area contributed by atoms with Crippen molar-refractivity contribution in [3.63, 3.8) is 0 Å². The minimum atomic E-state index is 0.581. The summed E-state index contributed by atoms with van der Waals surface area (Å²) in [5.41, 5.74) is 7.39. The van der Waals surface area contributed by atoms with Gasteiger partial charge in [-0.2, -0.15) is 0 Å². The van der Waals surface area contributed by atoms with Crippen molar-refractivity contribution in [2.24, 2.45) is 5.73 Å². The average Bonchev–Trinajstić information content (AvgIpc) is 2.37. The van der Waals surface area contributed by atoms with Crippen molar-refractivity contribution in [3.8, 4) is 11.3 Å². The van der Waals surface area contributed by atoms with Gasteiger partial charge in [0.2, 0.25) is 0 Å². The van der Waals surface area contributed by atoms with Crippen LogP contribution < -0.4 is 11.1 Å². The summed E-state index contributed by atoms with van der Waals surface area (Å²) in [6.07, 6.45) is 1.55. The number of nitrogens with zero attached hydrogens (tertiary/aromatic N) is 2. The maximum absolute atomic E-state index is 5.43. The van der Waals surface area contributed by atoms with E-state index in [0.717, 1.165) is 21.5 Å². The fraction of sp³-hybridized carbons (Fsp3) is 0.167. The molecular weight excluding hydrogens is 280 g/mol. The molecule has 0 spiro atoms. The SMILES string of the molecule is NCCNc1cc(-c2ccc(Br)cc2)ncn1. The summed E-state index contributed by atoms with van der Waals surface area (Å²) in [5, 5.41) is 3.13. The van der Waals surface area contributed by atoms with Gasteiger partial charge in [-0.05, 0) is 12.1 Å². The number of hydrogen-bond donors (Lipinski definition) is 2. The van der Waals surface area contributed by atoms with Crippen LogP contribution >= 0.6 is 15.9 Å². The minimum Gasteiger partial charge on any atom is -0.369 e. The quantitative estimate of drug-likeness (QED) is 0.907. The topological polar surface area (TPSA) is 63.8 Å². The third-order valence-corrected chi connectivity index (χ3v) is 2.79. The van der Waals surface area contributed by atoms with E-state index in [9.17, 15) is 0 Å². The van der Waals surface area contributed by atoms with Crippen molar-refractivity contribution in [3.05, 3.63) is 41.1 Å². The fourth-order valence-corrected chi connectivity index (χ4v) is 1.70. The predicted molar refractivity (Wildman–Crippen MR) is 72.7 cm³/mol. The molecule has 88 valence electrons. The Morgan fingerprint density at radius 3 is 2.65 bits per heavy atom. The van der Waals surface area contributed by atoms with Crippen molar-refractivity contribution in [2.75, 3.05) is 18.4 Å². The Morgan fingerprint density at radius 1 is 1.18 bits per heavy atom. The molecule has 3 N–H and O–H groups in total. The maximum Gasteiger partial charge on any atom is 0.129 e. The molecule has 0 bridgehead atoms. The lowest BCUT2D eigenvalue weighted by atomic mass is 10.1.